The number of carbonyl (C=O) groups excluding carboxylic acids is 1. The van der Waals surface area contributed by atoms with Crippen molar-refractivity contribution >= 4 is 35.6 Å². The van der Waals surface area contributed by atoms with Crippen LogP contribution in [0, 0.1) is 0 Å². The minimum Gasteiger partial charge on any atom is -0.450 e. The van der Waals surface area contributed by atoms with E-state index in [0.717, 1.165) is 43.7 Å². The standard InChI is InChI=1S/C32H32N2O2/c1-2-36-32(35)33-28-17-13-24(14-18-28)8-7-21-34-22-19-27(20-23-34)31-29-11-5-3-9-25(29)15-16-26-10-4-6-12-30(26)31/h3-18H,2,19-23H2,1H3,(H,33,35). The second kappa shape index (κ2) is 11.2. The van der Waals surface area contributed by atoms with E-state index in [4.69, 9.17) is 4.74 Å². The molecule has 182 valence electrons. The molecule has 1 saturated heterocycles. The molecule has 0 atom stereocenters. The van der Waals surface area contributed by atoms with Gasteiger partial charge in [0.05, 0.1) is 6.61 Å². The molecule has 3 aromatic rings. The highest BCUT2D eigenvalue weighted by molar-refractivity contribution is 5.95. The summed E-state index contributed by atoms with van der Waals surface area (Å²) in [5.74, 6) is 0. The van der Waals surface area contributed by atoms with Gasteiger partial charge < -0.3 is 4.74 Å². The zero-order valence-corrected chi connectivity index (χ0v) is 20.7. The van der Waals surface area contributed by atoms with Crippen LogP contribution in [0.25, 0.3) is 23.8 Å². The Morgan fingerprint density at radius 3 is 2.11 bits per heavy atom. The predicted octanol–water partition coefficient (Wildman–Crippen LogP) is 7.35. The maximum absolute atomic E-state index is 11.5. The fourth-order valence-corrected chi connectivity index (χ4v) is 5.00. The van der Waals surface area contributed by atoms with Crippen molar-refractivity contribution in [3.05, 3.63) is 112 Å². The molecule has 0 radical (unpaired) electrons. The largest absolute Gasteiger partial charge is 0.450 e. The second-order valence-electron chi connectivity index (χ2n) is 9.16. The van der Waals surface area contributed by atoms with E-state index in [1.165, 1.54) is 27.8 Å². The van der Waals surface area contributed by atoms with Crippen LogP contribution in [-0.4, -0.2) is 37.2 Å². The molecule has 0 saturated carbocycles. The minimum absolute atomic E-state index is 0.361. The average Bonchev–Trinajstić information content (AvgIpc) is 3.07. The van der Waals surface area contributed by atoms with Gasteiger partial charge in [0, 0.05) is 25.3 Å². The number of fused-ring (bicyclic) bond motifs is 2. The first-order valence-corrected chi connectivity index (χ1v) is 12.7. The van der Waals surface area contributed by atoms with Gasteiger partial charge in [0.15, 0.2) is 0 Å². The lowest BCUT2D eigenvalue weighted by molar-refractivity contribution is 0.168. The molecular weight excluding hydrogens is 444 g/mol. The molecule has 1 aliphatic carbocycles. The summed E-state index contributed by atoms with van der Waals surface area (Å²) >= 11 is 0. The van der Waals surface area contributed by atoms with Crippen LogP contribution in [0.1, 0.15) is 47.6 Å². The van der Waals surface area contributed by atoms with Crippen LogP contribution in [0.2, 0.25) is 0 Å². The molecule has 0 unspecified atom stereocenters. The normalized spacial score (nSPS) is 15.4. The molecule has 3 aromatic carbocycles. The highest BCUT2D eigenvalue weighted by atomic mass is 16.5. The number of nitrogens with zero attached hydrogens (tertiary/aromatic N) is 1. The number of ether oxygens (including phenoxy) is 1. The van der Waals surface area contributed by atoms with Gasteiger partial charge in [-0.1, -0.05) is 90.5 Å². The monoisotopic (exact) mass is 476 g/mol. The van der Waals surface area contributed by atoms with Crippen molar-refractivity contribution < 1.29 is 9.53 Å². The third kappa shape index (κ3) is 5.50. The Kier molecular flexibility index (Phi) is 7.44. The van der Waals surface area contributed by atoms with Crippen LogP contribution in [0.4, 0.5) is 10.5 Å². The number of hydrogen-bond acceptors (Lipinski definition) is 3. The molecule has 2 aliphatic rings. The number of rotatable bonds is 5. The molecular formula is C32H32N2O2. The van der Waals surface area contributed by atoms with E-state index < -0.39 is 6.09 Å². The summed E-state index contributed by atoms with van der Waals surface area (Å²) in [6.07, 6.45) is 10.6. The molecule has 0 bridgehead atoms. The maximum Gasteiger partial charge on any atom is 0.411 e. The van der Waals surface area contributed by atoms with Crippen LogP contribution in [-0.2, 0) is 4.74 Å². The quantitative estimate of drug-likeness (QED) is 0.327. The SMILES string of the molecule is CCOC(=O)Nc1ccc(C=CCN2CCC(=C3c4ccccc4C=Cc4ccccc43)CC2)cc1. The van der Waals surface area contributed by atoms with Crippen LogP contribution < -0.4 is 5.32 Å². The van der Waals surface area contributed by atoms with Gasteiger partial charge in [-0.2, -0.15) is 0 Å². The Hall–Kier alpha value is -3.89. The molecule has 1 aliphatic heterocycles. The van der Waals surface area contributed by atoms with Gasteiger partial charge in [-0.3, -0.25) is 10.2 Å². The van der Waals surface area contributed by atoms with E-state index in [2.05, 4.69) is 83.1 Å². The number of carbonyl (C=O) groups is 1. The van der Waals surface area contributed by atoms with E-state index in [1.807, 2.05) is 24.3 Å². The van der Waals surface area contributed by atoms with E-state index >= 15 is 0 Å². The summed E-state index contributed by atoms with van der Waals surface area (Å²) in [5, 5.41) is 2.72. The fraction of sp³-hybridized carbons (Fsp3) is 0.219. The van der Waals surface area contributed by atoms with Crippen LogP contribution >= 0.6 is 0 Å². The molecule has 5 rings (SSSR count). The summed E-state index contributed by atoms with van der Waals surface area (Å²) in [6.45, 7) is 5.20. The molecule has 36 heavy (non-hydrogen) atoms. The van der Waals surface area contributed by atoms with E-state index in [1.54, 1.807) is 12.5 Å². The van der Waals surface area contributed by atoms with Gasteiger partial charge in [0.25, 0.3) is 0 Å². The van der Waals surface area contributed by atoms with Gasteiger partial charge >= 0.3 is 6.09 Å². The number of likely N-dealkylation sites (tertiary alicyclic amines) is 1. The van der Waals surface area contributed by atoms with Gasteiger partial charge in [0.2, 0.25) is 0 Å². The summed E-state index contributed by atoms with van der Waals surface area (Å²) in [5.41, 5.74) is 10.1. The Labute approximate surface area is 213 Å². The van der Waals surface area contributed by atoms with Crippen molar-refractivity contribution in [3.63, 3.8) is 0 Å². The van der Waals surface area contributed by atoms with Crippen molar-refractivity contribution in [3.8, 4) is 0 Å². The summed E-state index contributed by atoms with van der Waals surface area (Å²) in [6, 6.07) is 25.3. The first-order valence-electron chi connectivity index (χ1n) is 12.7. The molecule has 4 nitrogen and oxygen atoms in total. The first kappa shape index (κ1) is 23.8. The van der Waals surface area contributed by atoms with Crippen molar-refractivity contribution in [2.24, 2.45) is 0 Å². The fourth-order valence-electron chi connectivity index (χ4n) is 5.00. The zero-order chi connectivity index (χ0) is 24.7. The van der Waals surface area contributed by atoms with Gasteiger partial charge in [-0.15, -0.1) is 0 Å². The van der Waals surface area contributed by atoms with Crippen molar-refractivity contribution in [2.45, 2.75) is 19.8 Å². The zero-order valence-electron chi connectivity index (χ0n) is 20.7. The predicted molar refractivity (Wildman–Crippen MR) is 150 cm³/mol. The van der Waals surface area contributed by atoms with Gasteiger partial charge in [0.1, 0.15) is 0 Å². The number of anilines is 1. The van der Waals surface area contributed by atoms with Crippen LogP contribution in [0.15, 0.2) is 84.4 Å². The number of benzene rings is 3. The van der Waals surface area contributed by atoms with E-state index in [-0.39, 0.29) is 0 Å². The van der Waals surface area contributed by atoms with Crippen molar-refractivity contribution in [1.29, 1.82) is 0 Å². The lowest BCUT2D eigenvalue weighted by atomic mass is 9.86. The molecule has 4 heteroatoms. The molecule has 1 fully saturated rings. The van der Waals surface area contributed by atoms with Crippen LogP contribution in [0.5, 0.6) is 0 Å². The molecule has 1 N–H and O–H groups in total. The van der Waals surface area contributed by atoms with Crippen molar-refractivity contribution in [1.82, 2.24) is 4.90 Å². The Morgan fingerprint density at radius 1 is 0.889 bits per heavy atom. The van der Waals surface area contributed by atoms with Gasteiger partial charge in [-0.05, 0) is 65.3 Å². The molecule has 0 spiro atoms. The van der Waals surface area contributed by atoms with Crippen LogP contribution in [0.3, 0.4) is 0 Å². The summed E-state index contributed by atoms with van der Waals surface area (Å²) < 4.78 is 4.92. The molecule has 1 amide bonds. The van der Waals surface area contributed by atoms with Crippen molar-refractivity contribution in [2.75, 3.05) is 31.6 Å². The smallest absolute Gasteiger partial charge is 0.411 e. The number of amides is 1. The highest BCUT2D eigenvalue weighted by Gasteiger charge is 2.22. The molecule has 0 aromatic heterocycles. The van der Waals surface area contributed by atoms with E-state index in [0.29, 0.717) is 6.61 Å². The second-order valence-corrected chi connectivity index (χ2v) is 9.16. The maximum atomic E-state index is 11.5. The third-order valence-corrected chi connectivity index (χ3v) is 6.82. The molecule has 1 heterocycles. The number of hydrogen-bond donors (Lipinski definition) is 1. The highest BCUT2D eigenvalue weighted by Crippen LogP contribution is 2.38. The minimum atomic E-state index is -0.424. The lowest BCUT2D eigenvalue weighted by Gasteiger charge is -2.29. The average molecular weight is 477 g/mol. The third-order valence-electron chi connectivity index (χ3n) is 6.82. The Bertz CT molecular complexity index is 1260. The Morgan fingerprint density at radius 2 is 1.50 bits per heavy atom. The summed E-state index contributed by atoms with van der Waals surface area (Å²) in [7, 11) is 0. The van der Waals surface area contributed by atoms with Gasteiger partial charge in [-0.25, -0.2) is 4.79 Å². The lowest BCUT2D eigenvalue weighted by Crippen LogP contribution is -2.31. The number of piperidine rings is 1. The topological polar surface area (TPSA) is 41.6 Å². The first-order chi connectivity index (χ1) is 17.7. The van der Waals surface area contributed by atoms with E-state index in [9.17, 15) is 4.79 Å². The number of nitrogens with one attached hydrogen (secondary N) is 1. The Balaban J connectivity index is 1.24. The summed E-state index contributed by atoms with van der Waals surface area (Å²) in [4.78, 5) is 14.1.